The van der Waals surface area contributed by atoms with Crippen molar-refractivity contribution < 1.29 is 24.3 Å². The molecule has 148 valence electrons. The van der Waals surface area contributed by atoms with Crippen LogP contribution in [0.25, 0.3) is 0 Å². The van der Waals surface area contributed by atoms with Gasteiger partial charge in [0, 0.05) is 44.8 Å². The van der Waals surface area contributed by atoms with Crippen molar-refractivity contribution in [3.8, 4) is 0 Å². The predicted molar refractivity (Wildman–Crippen MR) is 98.9 cm³/mol. The van der Waals surface area contributed by atoms with Gasteiger partial charge in [0.05, 0.1) is 17.7 Å². The molecule has 4 amide bonds. The second-order valence-corrected chi connectivity index (χ2v) is 7.23. The number of hydrogen-bond donors (Lipinski definition) is 2. The van der Waals surface area contributed by atoms with Gasteiger partial charge >= 0.3 is 0 Å². The van der Waals surface area contributed by atoms with Crippen molar-refractivity contribution >= 4 is 29.3 Å². The third kappa shape index (κ3) is 3.16. The first kappa shape index (κ1) is 18.6. The smallest absolute Gasteiger partial charge is 0.262 e. The molecule has 1 atom stereocenters. The first-order valence-electron chi connectivity index (χ1n) is 9.43. The van der Waals surface area contributed by atoms with E-state index in [0.717, 1.165) is 36.8 Å². The van der Waals surface area contributed by atoms with Crippen molar-refractivity contribution in [1.29, 1.82) is 0 Å². The Balaban J connectivity index is 1.53. The monoisotopic (exact) mass is 386 g/mol. The number of piperazine rings is 1. The van der Waals surface area contributed by atoms with Gasteiger partial charge in [0.1, 0.15) is 6.04 Å². The number of amides is 4. The highest BCUT2D eigenvalue weighted by Gasteiger charge is 2.44. The lowest BCUT2D eigenvalue weighted by molar-refractivity contribution is -0.136. The minimum Gasteiger partial charge on any atom is -0.395 e. The lowest BCUT2D eigenvalue weighted by atomic mass is 10.0. The summed E-state index contributed by atoms with van der Waals surface area (Å²) in [6, 6.07) is 4.22. The number of benzene rings is 1. The third-order valence-corrected chi connectivity index (χ3v) is 5.58. The maximum Gasteiger partial charge on any atom is 0.262 e. The maximum atomic E-state index is 12.9. The van der Waals surface area contributed by atoms with Gasteiger partial charge in [-0.25, -0.2) is 0 Å². The van der Waals surface area contributed by atoms with Gasteiger partial charge in [-0.15, -0.1) is 0 Å². The van der Waals surface area contributed by atoms with Crippen LogP contribution >= 0.6 is 0 Å². The van der Waals surface area contributed by atoms with E-state index >= 15 is 0 Å². The van der Waals surface area contributed by atoms with E-state index in [1.54, 1.807) is 12.1 Å². The number of nitrogens with one attached hydrogen (secondary N) is 1. The van der Waals surface area contributed by atoms with Crippen LogP contribution < -0.4 is 10.2 Å². The van der Waals surface area contributed by atoms with Crippen LogP contribution in [0.4, 0.5) is 5.69 Å². The Bertz CT molecular complexity index is 847. The molecule has 1 aromatic rings. The quantitative estimate of drug-likeness (QED) is 0.652. The molecular formula is C19H22N4O5. The number of β-amino-alcohol motifs (C(OH)–C–C–N with tert-alkyl or cyclic N) is 1. The molecule has 0 saturated carbocycles. The highest BCUT2D eigenvalue weighted by atomic mass is 16.3. The van der Waals surface area contributed by atoms with Gasteiger partial charge < -0.3 is 10.0 Å². The summed E-state index contributed by atoms with van der Waals surface area (Å²) in [5, 5.41) is 11.2. The Hall–Kier alpha value is -2.78. The summed E-state index contributed by atoms with van der Waals surface area (Å²) in [5.74, 6) is -1.98. The molecule has 0 aliphatic carbocycles. The van der Waals surface area contributed by atoms with Crippen LogP contribution in [-0.2, 0) is 9.59 Å². The highest BCUT2D eigenvalue weighted by molar-refractivity contribution is 6.23. The van der Waals surface area contributed by atoms with E-state index < -0.39 is 23.8 Å². The Morgan fingerprint density at radius 3 is 2.39 bits per heavy atom. The minimum atomic E-state index is -0.949. The van der Waals surface area contributed by atoms with Crippen molar-refractivity contribution in [2.45, 2.75) is 18.9 Å². The van der Waals surface area contributed by atoms with Crippen LogP contribution in [0, 0.1) is 0 Å². The van der Waals surface area contributed by atoms with Crippen molar-refractivity contribution in [1.82, 2.24) is 15.1 Å². The van der Waals surface area contributed by atoms with E-state index in [1.165, 1.54) is 0 Å². The van der Waals surface area contributed by atoms with Crippen molar-refractivity contribution in [3.05, 3.63) is 29.3 Å². The summed E-state index contributed by atoms with van der Waals surface area (Å²) in [6.45, 7) is 3.92. The second kappa shape index (κ2) is 7.33. The molecule has 3 aliphatic rings. The Labute approximate surface area is 161 Å². The zero-order chi connectivity index (χ0) is 19.8. The average molecular weight is 386 g/mol. The fraction of sp³-hybridized carbons (Fsp3) is 0.474. The molecule has 0 radical (unpaired) electrons. The first-order chi connectivity index (χ1) is 13.5. The van der Waals surface area contributed by atoms with E-state index in [-0.39, 0.29) is 30.9 Å². The summed E-state index contributed by atoms with van der Waals surface area (Å²) in [4.78, 5) is 54.4. The molecular weight excluding hydrogens is 364 g/mol. The van der Waals surface area contributed by atoms with Crippen LogP contribution in [0.5, 0.6) is 0 Å². The van der Waals surface area contributed by atoms with E-state index in [1.807, 2.05) is 6.07 Å². The Morgan fingerprint density at radius 1 is 1.00 bits per heavy atom. The zero-order valence-corrected chi connectivity index (χ0v) is 15.4. The summed E-state index contributed by atoms with van der Waals surface area (Å²) >= 11 is 0. The molecule has 4 rings (SSSR count). The first-order valence-corrected chi connectivity index (χ1v) is 9.43. The number of carbonyl (C=O) groups is 4. The molecule has 2 N–H and O–H groups in total. The molecule has 0 spiro atoms. The van der Waals surface area contributed by atoms with Gasteiger partial charge in [0.25, 0.3) is 11.8 Å². The van der Waals surface area contributed by atoms with Gasteiger partial charge in [-0.2, -0.15) is 0 Å². The number of aliphatic hydroxyl groups is 1. The van der Waals surface area contributed by atoms with Crippen molar-refractivity contribution in [3.63, 3.8) is 0 Å². The van der Waals surface area contributed by atoms with E-state index in [9.17, 15) is 19.2 Å². The topological polar surface area (TPSA) is 110 Å². The predicted octanol–water partition coefficient (Wildman–Crippen LogP) is -0.798. The Kier molecular flexibility index (Phi) is 4.86. The number of imide groups is 2. The van der Waals surface area contributed by atoms with Gasteiger partial charge in [-0.1, -0.05) is 0 Å². The molecule has 1 aromatic carbocycles. The number of carbonyl (C=O) groups excluding carboxylic acids is 4. The SMILES string of the molecule is O=C1CCC(N2C(=O)c3ccc(N4CCN(CCO)CC4)cc3C2=O)C(=O)N1. The van der Waals surface area contributed by atoms with Crippen LogP contribution in [-0.4, -0.2) is 83.9 Å². The molecule has 0 bridgehead atoms. The summed E-state index contributed by atoms with van der Waals surface area (Å²) in [5.41, 5.74) is 1.44. The molecule has 2 saturated heterocycles. The lowest BCUT2D eigenvalue weighted by Gasteiger charge is -2.35. The van der Waals surface area contributed by atoms with Crippen molar-refractivity contribution in [2.75, 3.05) is 44.2 Å². The largest absolute Gasteiger partial charge is 0.395 e. The minimum absolute atomic E-state index is 0.104. The second-order valence-electron chi connectivity index (χ2n) is 7.23. The number of aliphatic hydroxyl groups excluding tert-OH is 1. The molecule has 3 heterocycles. The fourth-order valence-corrected chi connectivity index (χ4v) is 4.03. The normalized spacial score (nSPS) is 23.2. The zero-order valence-electron chi connectivity index (χ0n) is 15.4. The van der Waals surface area contributed by atoms with Gasteiger partial charge in [-0.3, -0.25) is 34.3 Å². The van der Waals surface area contributed by atoms with Crippen LogP contribution in [0.3, 0.4) is 0 Å². The number of fused-ring (bicyclic) bond motifs is 1. The summed E-state index contributed by atoms with van der Waals surface area (Å²) in [6.07, 6.45) is 0.253. The highest BCUT2D eigenvalue weighted by Crippen LogP contribution is 2.30. The van der Waals surface area contributed by atoms with Crippen LogP contribution in [0.15, 0.2) is 18.2 Å². The van der Waals surface area contributed by atoms with Gasteiger partial charge in [0.2, 0.25) is 11.8 Å². The molecule has 2 fully saturated rings. The standard InChI is InChI=1S/C19H22N4O5/c24-10-9-21-5-7-22(8-6-21)12-1-2-13-14(11-12)19(28)23(18(13)27)15-3-4-16(25)20-17(15)26/h1-2,11,15,24H,3-10H2,(H,20,25,26). The van der Waals surface area contributed by atoms with Gasteiger partial charge in [0.15, 0.2) is 0 Å². The lowest BCUT2D eigenvalue weighted by Crippen LogP contribution is -2.54. The van der Waals surface area contributed by atoms with Crippen LogP contribution in [0.1, 0.15) is 33.6 Å². The molecule has 9 nitrogen and oxygen atoms in total. The fourth-order valence-electron chi connectivity index (χ4n) is 4.03. The number of hydrogen-bond acceptors (Lipinski definition) is 7. The Morgan fingerprint density at radius 2 is 1.71 bits per heavy atom. The summed E-state index contributed by atoms with van der Waals surface area (Å²) < 4.78 is 0. The van der Waals surface area contributed by atoms with Crippen molar-refractivity contribution in [2.24, 2.45) is 0 Å². The number of piperidine rings is 1. The molecule has 3 aliphatic heterocycles. The molecule has 1 unspecified atom stereocenters. The van der Waals surface area contributed by atoms with Crippen LogP contribution in [0.2, 0.25) is 0 Å². The summed E-state index contributed by atoms with van der Waals surface area (Å²) in [7, 11) is 0. The maximum absolute atomic E-state index is 12.9. The van der Waals surface area contributed by atoms with E-state index in [4.69, 9.17) is 5.11 Å². The average Bonchev–Trinajstić information content (AvgIpc) is 2.93. The van der Waals surface area contributed by atoms with E-state index in [2.05, 4.69) is 15.1 Å². The molecule has 0 aromatic heterocycles. The number of nitrogens with zero attached hydrogens (tertiary/aromatic N) is 3. The number of anilines is 1. The third-order valence-electron chi connectivity index (χ3n) is 5.58. The molecule has 28 heavy (non-hydrogen) atoms. The number of rotatable bonds is 4. The molecule has 9 heteroatoms. The van der Waals surface area contributed by atoms with Gasteiger partial charge in [-0.05, 0) is 24.6 Å². The van der Waals surface area contributed by atoms with E-state index in [0.29, 0.717) is 12.1 Å².